The summed E-state index contributed by atoms with van der Waals surface area (Å²) in [5.74, 6) is -13.6. The minimum atomic E-state index is -1.94. The van der Waals surface area contributed by atoms with Crippen LogP contribution in [0.5, 0.6) is 0 Å². The SMILES string of the molecule is CCCCNC(N)=NCCC[C@@H]1NC(=O)C([C@@H](C)O)NC(=O)[C@H](CO)NC(=O)[C@H](CC(C)C)NC(=O)[C@H](CC(=O)O)NC(=O)C(Cc2ccccc2)NC(=O)[C@H](CCC(N)=O)NC(=O)CCCCCCNC(=O)[C@H](CCCCN)NC(=O)[C@H](CC(C)C)NC(=O)[C@H](CCCN=C(N)N)NC1=O. The van der Waals surface area contributed by atoms with Crippen molar-refractivity contribution >= 4 is 88.8 Å². The van der Waals surface area contributed by atoms with Gasteiger partial charge in [-0.25, -0.2) is 0 Å². The average Bonchev–Trinajstić information content (AvgIpc) is 0.868. The third-order valence-electron chi connectivity index (χ3n) is 16.0. The number of nitrogens with zero attached hydrogens (tertiary/aromatic N) is 2. The van der Waals surface area contributed by atoms with Crippen LogP contribution in [0, 0.1) is 11.8 Å². The molecule has 1 aliphatic heterocycles. The zero-order valence-electron chi connectivity index (χ0n) is 59.2. The number of unbranched alkanes of at least 4 members (excludes halogenated alkanes) is 2. The summed E-state index contributed by atoms with van der Waals surface area (Å²) in [6.45, 7) is 9.86. The molecule has 0 bridgehead atoms. The molecule has 1 saturated heterocycles. The molecule has 0 spiro atoms. The first-order valence-corrected chi connectivity index (χ1v) is 34.8. The number of guanidine groups is 2. The second-order valence-electron chi connectivity index (χ2n) is 25.9. The molecule has 1 aromatic rings. The predicted octanol–water partition coefficient (Wildman–Crippen LogP) is -3.97. The minimum absolute atomic E-state index is 0.00971. The van der Waals surface area contributed by atoms with Crippen LogP contribution in [0.2, 0.25) is 0 Å². The van der Waals surface area contributed by atoms with Crippen LogP contribution in [0.4, 0.5) is 0 Å². The van der Waals surface area contributed by atoms with E-state index in [1.165, 1.54) is 0 Å². The fraction of sp³-hybridized carbons (Fsp3) is 0.682. The Balaban J connectivity index is 2.84. The van der Waals surface area contributed by atoms with E-state index in [9.17, 15) is 77.6 Å². The highest BCUT2D eigenvalue weighted by atomic mass is 16.4. The maximum Gasteiger partial charge on any atom is 0.305 e. The fourth-order valence-corrected chi connectivity index (χ4v) is 10.5. The molecule has 2 rings (SSSR count). The van der Waals surface area contributed by atoms with Crippen LogP contribution in [-0.4, -0.2) is 210 Å². The summed E-state index contributed by atoms with van der Waals surface area (Å²) in [6.07, 6.45) is 0.347. The predicted molar refractivity (Wildman–Crippen MR) is 375 cm³/mol. The van der Waals surface area contributed by atoms with Crippen molar-refractivity contribution in [3.63, 3.8) is 0 Å². The number of carbonyl (C=O) groups is 13. The van der Waals surface area contributed by atoms with E-state index in [1.807, 2.05) is 6.92 Å². The van der Waals surface area contributed by atoms with Gasteiger partial charge in [-0.1, -0.05) is 84.2 Å². The van der Waals surface area contributed by atoms with E-state index in [4.69, 9.17) is 28.7 Å². The van der Waals surface area contributed by atoms with Crippen LogP contribution in [0.3, 0.4) is 0 Å². The van der Waals surface area contributed by atoms with Gasteiger partial charge in [-0.15, -0.1) is 0 Å². The molecular formula is C66H113N19O16. The van der Waals surface area contributed by atoms with Gasteiger partial charge in [0, 0.05) is 45.4 Å². The van der Waals surface area contributed by atoms with Crippen molar-refractivity contribution in [1.29, 1.82) is 0 Å². The number of rotatable bonds is 28. The van der Waals surface area contributed by atoms with Gasteiger partial charge in [0.05, 0.1) is 19.1 Å². The van der Waals surface area contributed by atoms with Crippen molar-refractivity contribution in [1.82, 2.24) is 63.8 Å². The molecule has 1 aliphatic rings. The molecule has 0 saturated carbocycles. The van der Waals surface area contributed by atoms with Crippen LogP contribution in [0.15, 0.2) is 40.3 Å². The van der Waals surface area contributed by atoms with Crippen LogP contribution in [0.25, 0.3) is 0 Å². The molecule has 568 valence electrons. The zero-order chi connectivity index (χ0) is 75.6. The van der Waals surface area contributed by atoms with Crippen molar-refractivity contribution in [2.45, 2.75) is 236 Å². The van der Waals surface area contributed by atoms with Crippen LogP contribution >= 0.6 is 0 Å². The molecule has 1 heterocycles. The molecule has 1 aromatic carbocycles. The number of aliphatic imine (C=N–C) groups is 2. The fourth-order valence-electron chi connectivity index (χ4n) is 10.5. The summed E-state index contributed by atoms with van der Waals surface area (Å²) in [4.78, 5) is 189. The second kappa shape index (κ2) is 48.5. The van der Waals surface area contributed by atoms with E-state index in [0.717, 1.165) is 19.8 Å². The Hall–Kier alpha value is -9.25. The number of carboxylic acids is 1. The number of hydrogen-bond donors (Lipinski definition) is 20. The van der Waals surface area contributed by atoms with Crippen LogP contribution < -0.4 is 92.5 Å². The summed E-state index contributed by atoms with van der Waals surface area (Å²) in [5, 5.41) is 62.8. The number of amides is 12. The molecule has 0 aliphatic carbocycles. The van der Waals surface area contributed by atoms with E-state index in [0.29, 0.717) is 57.2 Å². The lowest BCUT2D eigenvalue weighted by Crippen LogP contribution is -2.62. The summed E-state index contributed by atoms with van der Waals surface area (Å²) >= 11 is 0. The number of aliphatic hydroxyl groups is 2. The van der Waals surface area contributed by atoms with Crippen molar-refractivity contribution < 1.29 is 77.6 Å². The van der Waals surface area contributed by atoms with Crippen LogP contribution in [-0.2, 0) is 68.7 Å². The van der Waals surface area contributed by atoms with Crippen molar-refractivity contribution in [3.8, 4) is 0 Å². The second-order valence-corrected chi connectivity index (χ2v) is 25.9. The highest BCUT2D eigenvalue weighted by Crippen LogP contribution is 2.14. The number of hydrogen-bond acceptors (Lipinski definition) is 18. The van der Waals surface area contributed by atoms with E-state index in [-0.39, 0.29) is 108 Å². The first kappa shape index (κ1) is 87.8. The number of nitrogens with two attached hydrogens (primary N) is 5. The number of nitrogens with one attached hydrogen (secondary N) is 12. The molecule has 0 radical (unpaired) electrons. The highest BCUT2D eigenvalue weighted by molar-refractivity contribution is 6.00. The number of aliphatic carboxylic acids is 1. The van der Waals surface area contributed by atoms with E-state index < -0.39 is 162 Å². The average molecular weight is 1430 g/mol. The molecule has 101 heavy (non-hydrogen) atoms. The number of carboxylic acid groups (broad SMARTS) is 1. The first-order chi connectivity index (χ1) is 47.9. The van der Waals surface area contributed by atoms with Gasteiger partial charge in [-0.3, -0.25) is 72.3 Å². The molecule has 25 N–H and O–H groups in total. The summed E-state index contributed by atoms with van der Waals surface area (Å²) in [6, 6.07) is -7.57. The maximum absolute atomic E-state index is 14.7. The molecular weight excluding hydrogens is 1310 g/mol. The molecule has 12 amide bonds. The van der Waals surface area contributed by atoms with E-state index in [2.05, 4.69) is 73.8 Å². The molecule has 1 fully saturated rings. The molecule has 0 aromatic heterocycles. The van der Waals surface area contributed by atoms with Gasteiger partial charge in [-0.2, -0.15) is 0 Å². The van der Waals surface area contributed by atoms with E-state index in [1.54, 1.807) is 58.0 Å². The van der Waals surface area contributed by atoms with Crippen LogP contribution in [0.1, 0.15) is 169 Å². The molecule has 2 unspecified atom stereocenters. The third-order valence-corrected chi connectivity index (χ3v) is 16.0. The largest absolute Gasteiger partial charge is 0.481 e. The Labute approximate surface area is 590 Å². The monoisotopic (exact) mass is 1430 g/mol. The Morgan fingerprint density at radius 2 is 1.00 bits per heavy atom. The number of benzene rings is 1. The standard InChI is InChI=1S/C66H113N19O16/c1-7-8-29-74-66(71)75-32-19-24-44-56(93)78-43(23-18-31-73-65(69)70)57(94)80-46(33-38(2)3)59(96)77-42(22-15-16-28-67)55(92)72-30-17-10-9-14-25-52(89)76-45(26-27-51(68)88)58(95)82-48(35-41-20-12-11-13-21-41)61(98)83-49(36-53(90)91)62(99)81-47(34-39(4)5)60(97)84-50(37-86)63(100)85-54(40(6)87)64(101)79-44/h11-13,20-21,38-40,42-50,54,86-87H,7-10,14-19,22-37,67H2,1-6H3,(H2,68,88)(H,72,92)(H,76,89)(H,77,96)(H,78,93)(H,79,101)(H,80,94)(H,81,99)(H,82,95)(H,83,98)(H,84,97)(H,85,100)(H,90,91)(H4,69,70,73)(H3,71,74,75)/t40-,42+,43+,44+,45+,46+,47+,48?,49+,50+,54?/m1/s1. The van der Waals surface area contributed by atoms with Gasteiger partial charge in [0.1, 0.15) is 60.4 Å². The summed E-state index contributed by atoms with van der Waals surface area (Å²) in [7, 11) is 0. The molecule has 11 atom stereocenters. The Morgan fingerprint density at radius 1 is 0.535 bits per heavy atom. The smallest absolute Gasteiger partial charge is 0.305 e. The molecule has 35 heteroatoms. The normalized spacial score (nSPS) is 23.6. The first-order valence-electron chi connectivity index (χ1n) is 34.8. The number of primary amides is 1. The number of aliphatic hydroxyl groups excluding tert-OH is 2. The highest BCUT2D eigenvalue weighted by Gasteiger charge is 2.38. The van der Waals surface area contributed by atoms with Crippen molar-refractivity contribution in [3.05, 3.63) is 35.9 Å². The lowest BCUT2D eigenvalue weighted by Gasteiger charge is -2.29. The maximum atomic E-state index is 14.7. The third kappa shape index (κ3) is 36.6. The van der Waals surface area contributed by atoms with Gasteiger partial charge in [-0.05, 0) is 114 Å². The van der Waals surface area contributed by atoms with Gasteiger partial charge in [0.25, 0.3) is 0 Å². The van der Waals surface area contributed by atoms with Gasteiger partial charge >= 0.3 is 5.97 Å². The van der Waals surface area contributed by atoms with Crippen molar-refractivity contribution in [2.24, 2.45) is 50.5 Å². The van der Waals surface area contributed by atoms with Crippen molar-refractivity contribution in [2.75, 3.05) is 39.3 Å². The van der Waals surface area contributed by atoms with Gasteiger partial charge in [0.2, 0.25) is 70.9 Å². The Morgan fingerprint density at radius 3 is 1.52 bits per heavy atom. The molecule has 35 nitrogen and oxygen atoms in total. The summed E-state index contributed by atoms with van der Waals surface area (Å²) in [5.41, 5.74) is 29.0. The topological polar surface area (TPSA) is 582 Å². The quantitative estimate of drug-likeness (QED) is 0.0216. The zero-order valence-corrected chi connectivity index (χ0v) is 59.2. The van der Waals surface area contributed by atoms with Gasteiger partial charge in [0.15, 0.2) is 11.9 Å². The lowest BCUT2D eigenvalue weighted by molar-refractivity contribution is -0.141. The lowest BCUT2D eigenvalue weighted by atomic mass is 10.0. The summed E-state index contributed by atoms with van der Waals surface area (Å²) < 4.78 is 0. The Bertz CT molecular complexity index is 2900. The van der Waals surface area contributed by atoms with Gasteiger partial charge < -0.3 is 108 Å². The Kier molecular flexibility index (Phi) is 42.2. The minimum Gasteiger partial charge on any atom is -0.481 e. The van der Waals surface area contributed by atoms with E-state index >= 15 is 0 Å². The number of carbonyl (C=O) groups excluding carboxylic acids is 12.